The number of rotatable bonds is 5. The zero-order chi connectivity index (χ0) is 12.8. The maximum Gasteiger partial charge on any atom is 0.224 e. The topological polar surface area (TPSA) is 54.0 Å². The van der Waals surface area contributed by atoms with E-state index in [0.717, 1.165) is 17.8 Å². The van der Waals surface area contributed by atoms with Gasteiger partial charge in [0.15, 0.2) is 0 Å². The maximum absolute atomic E-state index is 11.2. The molecular weight excluding hydrogens is 246 g/mol. The first-order valence-electron chi connectivity index (χ1n) is 5.68. The predicted molar refractivity (Wildman–Crippen MR) is 73.7 cm³/mol. The van der Waals surface area contributed by atoms with Crippen molar-refractivity contribution in [3.05, 3.63) is 46.4 Å². The molecule has 5 heteroatoms. The summed E-state index contributed by atoms with van der Waals surface area (Å²) in [6, 6.07) is 7.90. The molecule has 0 unspecified atom stereocenters. The van der Waals surface area contributed by atoms with Gasteiger partial charge in [0.05, 0.1) is 18.5 Å². The minimum absolute atomic E-state index is 0.0281. The smallest absolute Gasteiger partial charge is 0.224 e. The highest BCUT2D eigenvalue weighted by Gasteiger charge is 2.01. The number of aromatic nitrogens is 1. The third kappa shape index (κ3) is 3.56. The summed E-state index contributed by atoms with van der Waals surface area (Å²) >= 11 is 1.63. The highest BCUT2D eigenvalue weighted by molar-refractivity contribution is 7.09. The Labute approximate surface area is 110 Å². The molecule has 2 aromatic rings. The summed E-state index contributed by atoms with van der Waals surface area (Å²) < 4.78 is 0. The largest absolute Gasteiger partial charge is 0.380 e. The fraction of sp³-hybridized carbons (Fsp3) is 0.231. The number of carbonyl (C=O) groups is 1. The molecule has 0 saturated carbocycles. The maximum atomic E-state index is 11.2. The van der Waals surface area contributed by atoms with Crippen molar-refractivity contribution < 1.29 is 4.79 Å². The first-order valence-corrected chi connectivity index (χ1v) is 6.56. The molecule has 94 valence electrons. The van der Waals surface area contributed by atoms with Gasteiger partial charge in [0.25, 0.3) is 0 Å². The van der Waals surface area contributed by atoms with Crippen LogP contribution in [0.1, 0.15) is 10.4 Å². The third-order valence-electron chi connectivity index (χ3n) is 2.55. The lowest BCUT2D eigenvalue weighted by atomic mass is 10.1. The van der Waals surface area contributed by atoms with Crippen molar-refractivity contribution in [2.45, 2.75) is 13.0 Å². The Morgan fingerprint density at radius 2 is 2.11 bits per heavy atom. The van der Waals surface area contributed by atoms with Gasteiger partial charge in [-0.1, -0.05) is 12.1 Å². The second-order valence-electron chi connectivity index (χ2n) is 3.87. The molecule has 1 aromatic carbocycles. The van der Waals surface area contributed by atoms with Crippen molar-refractivity contribution in [2.24, 2.45) is 0 Å². The molecule has 0 fully saturated rings. The molecule has 0 saturated heterocycles. The second kappa shape index (κ2) is 6.16. The Bertz CT molecular complexity index is 493. The van der Waals surface area contributed by atoms with E-state index in [9.17, 15) is 4.79 Å². The Hall–Kier alpha value is -1.88. The van der Waals surface area contributed by atoms with Crippen LogP contribution in [0.2, 0.25) is 0 Å². The van der Waals surface area contributed by atoms with Gasteiger partial charge in [-0.15, -0.1) is 11.3 Å². The van der Waals surface area contributed by atoms with Gasteiger partial charge < -0.3 is 10.6 Å². The molecule has 4 nitrogen and oxygen atoms in total. The number of amides is 1. The number of likely N-dealkylation sites (N-methyl/N-ethyl adjacent to an activating group) is 1. The van der Waals surface area contributed by atoms with Gasteiger partial charge in [0, 0.05) is 23.8 Å². The van der Waals surface area contributed by atoms with Crippen molar-refractivity contribution >= 4 is 22.9 Å². The predicted octanol–water partition coefficient (Wildman–Crippen LogP) is 2.04. The van der Waals surface area contributed by atoms with Crippen LogP contribution in [0.15, 0.2) is 36.0 Å². The highest BCUT2D eigenvalue weighted by Crippen LogP contribution is 2.13. The number of hydrogen-bond acceptors (Lipinski definition) is 4. The number of carbonyl (C=O) groups excluding carboxylic acids is 1. The second-order valence-corrected chi connectivity index (χ2v) is 4.84. The first kappa shape index (κ1) is 12.6. The first-order chi connectivity index (χ1) is 8.78. The van der Waals surface area contributed by atoms with Crippen molar-refractivity contribution in [2.75, 3.05) is 12.4 Å². The summed E-state index contributed by atoms with van der Waals surface area (Å²) in [6.45, 7) is 0.777. The van der Waals surface area contributed by atoms with E-state index in [1.165, 1.54) is 4.88 Å². The van der Waals surface area contributed by atoms with E-state index in [0.29, 0.717) is 6.42 Å². The van der Waals surface area contributed by atoms with Crippen molar-refractivity contribution in [1.82, 2.24) is 10.3 Å². The van der Waals surface area contributed by atoms with Crippen molar-refractivity contribution in [3.63, 3.8) is 0 Å². The molecule has 0 radical (unpaired) electrons. The highest BCUT2D eigenvalue weighted by atomic mass is 32.1. The Kier molecular flexibility index (Phi) is 4.30. The summed E-state index contributed by atoms with van der Waals surface area (Å²) in [5.74, 6) is 0.0281. The molecule has 1 aromatic heterocycles. The fourth-order valence-corrected chi connectivity index (χ4v) is 2.07. The molecule has 0 aliphatic rings. The van der Waals surface area contributed by atoms with Gasteiger partial charge in [-0.25, -0.2) is 0 Å². The molecule has 1 amide bonds. The molecule has 0 atom stereocenters. The van der Waals surface area contributed by atoms with Crippen LogP contribution in [0, 0.1) is 0 Å². The van der Waals surface area contributed by atoms with Crippen LogP contribution in [-0.4, -0.2) is 17.9 Å². The fourth-order valence-electron chi connectivity index (χ4n) is 1.53. The van der Waals surface area contributed by atoms with Crippen molar-refractivity contribution in [3.8, 4) is 0 Å². The lowest BCUT2D eigenvalue weighted by molar-refractivity contribution is -0.119. The van der Waals surface area contributed by atoms with E-state index < -0.39 is 0 Å². The van der Waals surface area contributed by atoms with E-state index >= 15 is 0 Å². The van der Waals surface area contributed by atoms with Gasteiger partial charge in [0.2, 0.25) is 5.91 Å². The van der Waals surface area contributed by atoms with Gasteiger partial charge in [-0.05, 0) is 17.7 Å². The van der Waals surface area contributed by atoms with E-state index in [-0.39, 0.29) is 5.91 Å². The molecule has 1 heterocycles. The summed E-state index contributed by atoms with van der Waals surface area (Å²) in [7, 11) is 1.65. The standard InChI is InChI=1S/C13H15N3OS/c1-14-13(17)6-10-2-4-11(5-3-10)16-8-12-7-15-9-18-12/h2-5,7,9,16H,6,8H2,1H3,(H,14,17). The Balaban J connectivity index is 1.89. The monoisotopic (exact) mass is 261 g/mol. The molecular formula is C13H15N3OS. The van der Waals surface area contributed by atoms with E-state index in [4.69, 9.17) is 0 Å². The van der Waals surface area contributed by atoms with E-state index in [1.54, 1.807) is 18.4 Å². The molecule has 0 aliphatic carbocycles. The van der Waals surface area contributed by atoms with E-state index in [2.05, 4.69) is 15.6 Å². The summed E-state index contributed by atoms with van der Waals surface area (Å²) in [4.78, 5) is 16.4. The molecule has 18 heavy (non-hydrogen) atoms. The summed E-state index contributed by atoms with van der Waals surface area (Å²) in [5, 5.41) is 5.92. The lowest BCUT2D eigenvalue weighted by Crippen LogP contribution is -2.19. The minimum Gasteiger partial charge on any atom is -0.380 e. The Morgan fingerprint density at radius 3 is 2.72 bits per heavy atom. The third-order valence-corrected chi connectivity index (χ3v) is 3.33. The van der Waals surface area contributed by atoms with Crippen molar-refractivity contribution in [1.29, 1.82) is 0 Å². The number of benzene rings is 1. The summed E-state index contributed by atoms with van der Waals surface area (Å²) in [5.41, 5.74) is 3.88. The number of thiazole rings is 1. The number of anilines is 1. The van der Waals surface area contributed by atoms with Gasteiger partial charge in [-0.3, -0.25) is 9.78 Å². The molecule has 0 aliphatic heterocycles. The van der Waals surface area contributed by atoms with Gasteiger partial charge in [-0.2, -0.15) is 0 Å². The normalized spacial score (nSPS) is 10.1. The SMILES string of the molecule is CNC(=O)Cc1ccc(NCc2cncs2)cc1. The van der Waals surface area contributed by atoms with Gasteiger partial charge >= 0.3 is 0 Å². The van der Waals surface area contributed by atoms with Crippen LogP contribution in [0.25, 0.3) is 0 Å². The van der Waals surface area contributed by atoms with Crippen LogP contribution >= 0.6 is 11.3 Å². The average Bonchev–Trinajstić information content (AvgIpc) is 2.91. The van der Waals surface area contributed by atoms with Crippen LogP contribution < -0.4 is 10.6 Å². The Morgan fingerprint density at radius 1 is 1.33 bits per heavy atom. The quantitative estimate of drug-likeness (QED) is 0.866. The minimum atomic E-state index is 0.0281. The number of nitrogens with one attached hydrogen (secondary N) is 2. The number of hydrogen-bond donors (Lipinski definition) is 2. The molecule has 2 rings (SSSR count). The molecule has 0 bridgehead atoms. The zero-order valence-corrected chi connectivity index (χ0v) is 11.0. The summed E-state index contributed by atoms with van der Waals surface area (Å²) in [6.07, 6.45) is 2.28. The van der Waals surface area contributed by atoms with E-state index in [1.807, 2.05) is 36.0 Å². The lowest BCUT2D eigenvalue weighted by Gasteiger charge is -2.06. The van der Waals surface area contributed by atoms with Crippen LogP contribution in [0.5, 0.6) is 0 Å². The molecule has 0 spiro atoms. The van der Waals surface area contributed by atoms with Gasteiger partial charge in [0.1, 0.15) is 0 Å². The average molecular weight is 261 g/mol. The van der Waals surface area contributed by atoms with Crippen LogP contribution in [-0.2, 0) is 17.8 Å². The molecule has 2 N–H and O–H groups in total. The van der Waals surface area contributed by atoms with Crippen LogP contribution in [0.3, 0.4) is 0 Å². The van der Waals surface area contributed by atoms with Crippen LogP contribution in [0.4, 0.5) is 5.69 Å². The zero-order valence-electron chi connectivity index (χ0n) is 10.1. The number of nitrogens with zero attached hydrogens (tertiary/aromatic N) is 1.